The average molecular weight is 295 g/mol. The Morgan fingerprint density at radius 2 is 1.82 bits per heavy atom. The third-order valence-electron chi connectivity index (χ3n) is 5.00. The number of benzene rings is 2. The van der Waals surface area contributed by atoms with Crippen LogP contribution >= 0.6 is 0 Å². The maximum Gasteiger partial charge on any atom is 0.166 e. The second-order valence-corrected chi connectivity index (χ2v) is 6.61. The van der Waals surface area contributed by atoms with Gasteiger partial charge in [-0.1, -0.05) is 36.4 Å². The largest absolute Gasteiger partial charge is 0.378 e. The number of hydrogen-bond donors (Lipinski definition) is 1. The summed E-state index contributed by atoms with van der Waals surface area (Å²) >= 11 is 0. The van der Waals surface area contributed by atoms with Gasteiger partial charge in [0.15, 0.2) is 5.78 Å². The lowest BCUT2D eigenvalue weighted by Gasteiger charge is -2.39. The molecule has 22 heavy (non-hydrogen) atoms. The van der Waals surface area contributed by atoms with Crippen molar-refractivity contribution in [2.75, 3.05) is 13.2 Å². The van der Waals surface area contributed by atoms with Crippen molar-refractivity contribution < 1.29 is 9.53 Å². The molecule has 0 radical (unpaired) electrons. The first-order chi connectivity index (χ1) is 10.7. The Morgan fingerprint density at radius 1 is 1.09 bits per heavy atom. The lowest BCUT2D eigenvalue weighted by atomic mass is 9.80. The second-order valence-electron chi connectivity index (χ2n) is 6.61. The molecular weight excluding hydrogens is 274 g/mol. The van der Waals surface area contributed by atoms with Crippen LogP contribution in [0.3, 0.4) is 0 Å². The number of nitrogens with one attached hydrogen (secondary N) is 1. The molecule has 0 aliphatic carbocycles. The van der Waals surface area contributed by atoms with E-state index in [1.807, 2.05) is 19.1 Å². The number of rotatable bonds is 2. The van der Waals surface area contributed by atoms with Gasteiger partial charge in [0.2, 0.25) is 0 Å². The molecule has 2 aromatic carbocycles. The van der Waals surface area contributed by atoms with E-state index in [-0.39, 0.29) is 5.92 Å². The quantitative estimate of drug-likeness (QED) is 0.865. The lowest BCUT2D eigenvalue weighted by molar-refractivity contribution is 0.00955. The summed E-state index contributed by atoms with van der Waals surface area (Å²) in [5.41, 5.74) is 2.01. The normalized spacial score (nSPS) is 27.8. The predicted molar refractivity (Wildman–Crippen MR) is 87.3 cm³/mol. The molecule has 0 spiro atoms. The molecule has 2 aromatic rings. The Bertz CT molecular complexity index is 712. The van der Waals surface area contributed by atoms with Gasteiger partial charge < -0.3 is 10.1 Å². The van der Waals surface area contributed by atoms with Crippen molar-refractivity contribution in [2.24, 2.45) is 5.92 Å². The fourth-order valence-electron chi connectivity index (χ4n) is 3.96. The maximum atomic E-state index is 13.2. The van der Waals surface area contributed by atoms with Crippen LogP contribution in [0.25, 0.3) is 10.8 Å². The molecule has 2 unspecified atom stereocenters. The predicted octanol–water partition coefficient (Wildman–Crippen LogP) is 3.10. The van der Waals surface area contributed by atoms with Crippen LogP contribution in [0.1, 0.15) is 28.8 Å². The van der Waals surface area contributed by atoms with Gasteiger partial charge in [-0.05, 0) is 36.1 Å². The molecular formula is C19H21NO2. The minimum atomic E-state index is 0.115. The number of aryl methyl sites for hydroxylation is 1. The number of morpholine rings is 1. The lowest BCUT2D eigenvalue weighted by Crippen LogP contribution is -2.55. The van der Waals surface area contributed by atoms with Crippen LogP contribution in [-0.4, -0.2) is 31.1 Å². The first-order valence-electron chi connectivity index (χ1n) is 8.09. The minimum Gasteiger partial charge on any atom is -0.378 e. The molecule has 0 saturated carbocycles. The van der Waals surface area contributed by atoms with Crippen LogP contribution in [0, 0.1) is 12.8 Å². The molecule has 2 heterocycles. The van der Waals surface area contributed by atoms with Crippen LogP contribution in [-0.2, 0) is 4.74 Å². The molecule has 1 N–H and O–H groups in total. The average Bonchev–Trinajstić information content (AvgIpc) is 2.54. The van der Waals surface area contributed by atoms with Crippen LogP contribution < -0.4 is 5.32 Å². The summed E-state index contributed by atoms with van der Waals surface area (Å²) in [6.07, 6.45) is 1.77. The number of carbonyl (C=O) groups is 1. The van der Waals surface area contributed by atoms with Crippen molar-refractivity contribution in [3.63, 3.8) is 0 Å². The Morgan fingerprint density at radius 3 is 2.59 bits per heavy atom. The zero-order valence-corrected chi connectivity index (χ0v) is 12.8. The molecule has 0 aromatic heterocycles. The number of piperidine rings is 1. The van der Waals surface area contributed by atoms with E-state index in [4.69, 9.17) is 4.74 Å². The molecule has 2 atom stereocenters. The molecule has 3 heteroatoms. The zero-order valence-electron chi connectivity index (χ0n) is 12.8. The second kappa shape index (κ2) is 5.49. The van der Waals surface area contributed by atoms with E-state index in [2.05, 4.69) is 29.6 Å². The topological polar surface area (TPSA) is 38.3 Å². The Labute approximate surface area is 130 Å². The van der Waals surface area contributed by atoms with Crippen molar-refractivity contribution in [3.05, 3.63) is 47.5 Å². The molecule has 0 amide bonds. The fraction of sp³-hybridized carbons (Fsp3) is 0.421. The molecule has 4 rings (SSSR count). The summed E-state index contributed by atoms with van der Waals surface area (Å²) < 4.78 is 5.59. The fourth-order valence-corrected chi connectivity index (χ4v) is 3.96. The number of hydrogen-bond acceptors (Lipinski definition) is 3. The number of Topliss-reactive ketones (excluding diaryl/α,β-unsaturated/α-hetero) is 1. The molecule has 2 bridgehead atoms. The molecule has 2 saturated heterocycles. The van der Waals surface area contributed by atoms with Crippen molar-refractivity contribution in [2.45, 2.75) is 31.8 Å². The van der Waals surface area contributed by atoms with E-state index in [9.17, 15) is 4.79 Å². The molecule has 2 aliphatic heterocycles. The van der Waals surface area contributed by atoms with E-state index in [1.165, 1.54) is 0 Å². The van der Waals surface area contributed by atoms with Gasteiger partial charge in [0.1, 0.15) is 0 Å². The van der Waals surface area contributed by atoms with Gasteiger partial charge in [-0.2, -0.15) is 0 Å². The summed E-state index contributed by atoms with van der Waals surface area (Å²) in [5, 5.41) is 5.80. The first kappa shape index (κ1) is 13.9. The summed E-state index contributed by atoms with van der Waals surface area (Å²) in [4.78, 5) is 13.2. The number of ether oxygens (including phenoxy) is 1. The molecule has 2 aliphatic rings. The molecule has 2 fully saturated rings. The highest BCUT2D eigenvalue weighted by molar-refractivity contribution is 6.10. The van der Waals surface area contributed by atoms with Gasteiger partial charge in [0.25, 0.3) is 0 Å². The smallest absolute Gasteiger partial charge is 0.166 e. The Hall–Kier alpha value is -1.71. The van der Waals surface area contributed by atoms with E-state index < -0.39 is 0 Å². The van der Waals surface area contributed by atoms with Gasteiger partial charge in [0.05, 0.1) is 13.2 Å². The SMILES string of the molecule is Cc1ccc2ccccc2c1C(=O)C1CC2COCC(C1)N2. The standard InChI is InChI=1S/C19H21NO2/c1-12-6-7-13-4-2-3-5-17(13)18(12)19(21)14-8-15-10-22-11-16(9-14)20-15/h2-7,14-16,20H,8-11H2,1H3. The number of ketones is 1. The van der Waals surface area contributed by atoms with Gasteiger partial charge in [-0.25, -0.2) is 0 Å². The number of fused-ring (bicyclic) bond motifs is 3. The highest BCUT2D eigenvalue weighted by atomic mass is 16.5. The molecule has 114 valence electrons. The maximum absolute atomic E-state index is 13.2. The van der Waals surface area contributed by atoms with Gasteiger partial charge in [-0.3, -0.25) is 4.79 Å². The van der Waals surface area contributed by atoms with E-state index in [0.29, 0.717) is 17.9 Å². The van der Waals surface area contributed by atoms with Crippen LogP contribution in [0.2, 0.25) is 0 Å². The Kier molecular flexibility index (Phi) is 3.47. The number of carbonyl (C=O) groups excluding carboxylic acids is 1. The summed E-state index contributed by atoms with van der Waals surface area (Å²) in [6.45, 7) is 3.51. The van der Waals surface area contributed by atoms with E-state index in [1.54, 1.807) is 0 Å². The highest BCUT2D eigenvalue weighted by Gasteiger charge is 2.36. The van der Waals surface area contributed by atoms with Crippen molar-refractivity contribution >= 4 is 16.6 Å². The third kappa shape index (κ3) is 2.34. The summed E-state index contributed by atoms with van der Waals surface area (Å²) in [6, 6.07) is 13.0. The monoisotopic (exact) mass is 295 g/mol. The summed E-state index contributed by atoms with van der Waals surface area (Å²) in [7, 11) is 0. The minimum absolute atomic E-state index is 0.115. The van der Waals surface area contributed by atoms with E-state index in [0.717, 1.165) is 48.0 Å². The van der Waals surface area contributed by atoms with Crippen LogP contribution in [0.5, 0.6) is 0 Å². The van der Waals surface area contributed by atoms with E-state index >= 15 is 0 Å². The van der Waals surface area contributed by atoms with Crippen LogP contribution in [0.4, 0.5) is 0 Å². The van der Waals surface area contributed by atoms with Crippen molar-refractivity contribution in [1.29, 1.82) is 0 Å². The zero-order chi connectivity index (χ0) is 15.1. The Balaban J connectivity index is 1.72. The van der Waals surface area contributed by atoms with Crippen LogP contribution in [0.15, 0.2) is 36.4 Å². The van der Waals surface area contributed by atoms with Crippen molar-refractivity contribution in [3.8, 4) is 0 Å². The highest BCUT2D eigenvalue weighted by Crippen LogP contribution is 2.31. The van der Waals surface area contributed by atoms with Gasteiger partial charge in [0, 0.05) is 23.6 Å². The summed E-state index contributed by atoms with van der Waals surface area (Å²) in [5.74, 6) is 0.428. The third-order valence-corrected chi connectivity index (χ3v) is 5.00. The van der Waals surface area contributed by atoms with Gasteiger partial charge >= 0.3 is 0 Å². The first-order valence-corrected chi connectivity index (χ1v) is 8.09. The van der Waals surface area contributed by atoms with Gasteiger partial charge in [-0.15, -0.1) is 0 Å². The molecule has 3 nitrogen and oxygen atoms in total. The van der Waals surface area contributed by atoms with Crippen molar-refractivity contribution in [1.82, 2.24) is 5.32 Å².